The highest BCUT2D eigenvalue weighted by molar-refractivity contribution is 5.96. The summed E-state index contributed by atoms with van der Waals surface area (Å²) in [6.07, 6.45) is 1.87. The molecule has 4 nitrogen and oxygen atoms in total. The van der Waals surface area contributed by atoms with E-state index < -0.39 is 5.82 Å². The van der Waals surface area contributed by atoms with Gasteiger partial charge in [0, 0.05) is 17.3 Å². The first-order valence-corrected chi connectivity index (χ1v) is 10.2. The molecule has 3 aromatic rings. The highest BCUT2D eigenvalue weighted by Crippen LogP contribution is 2.33. The number of hydrogen-bond acceptors (Lipinski definition) is 2. The summed E-state index contributed by atoms with van der Waals surface area (Å²) in [5.74, 6) is -0.966. The van der Waals surface area contributed by atoms with Crippen LogP contribution >= 0.6 is 0 Å². The van der Waals surface area contributed by atoms with Crippen LogP contribution < -0.4 is 10.2 Å². The lowest BCUT2D eigenvalue weighted by Crippen LogP contribution is -2.31. The van der Waals surface area contributed by atoms with Gasteiger partial charge < -0.3 is 10.2 Å². The number of anilines is 2. The summed E-state index contributed by atoms with van der Waals surface area (Å²) in [6.45, 7) is 0.284. The summed E-state index contributed by atoms with van der Waals surface area (Å²) >= 11 is 0. The minimum absolute atomic E-state index is 0.0188. The molecule has 0 aliphatic heterocycles. The van der Waals surface area contributed by atoms with Crippen LogP contribution in [0.2, 0.25) is 0 Å². The van der Waals surface area contributed by atoms with Gasteiger partial charge in [-0.2, -0.15) is 0 Å². The molecule has 0 saturated heterocycles. The van der Waals surface area contributed by atoms with Gasteiger partial charge >= 0.3 is 0 Å². The number of hydrogen-bond donors (Lipinski definition) is 1. The lowest BCUT2D eigenvalue weighted by molar-refractivity contribution is -0.120. The second-order valence-corrected chi connectivity index (χ2v) is 7.73. The fraction of sp³-hybridized carbons (Fsp3) is 0.200. The molecular formula is C25H22F2N2O2. The smallest absolute Gasteiger partial charge is 0.230 e. The molecule has 0 radical (unpaired) electrons. The molecule has 2 amide bonds. The number of carbonyl (C=O) groups is 2. The van der Waals surface area contributed by atoms with Gasteiger partial charge in [-0.15, -0.1) is 0 Å². The van der Waals surface area contributed by atoms with Gasteiger partial charge in [0.05, 0.1) is 13.0 Å². The van der Waals surface area contributed by atoms with Gasteiger partial charge in [0.25, 0.3) is 0 Å². The summed E-state index contributed by atoms with van der Waals surface area (Å²) in [4.78, 5) is 26.8. The molecule has 0 unspecified atom stereocenters. The van der Waals surface area contributed by atoms with Crippen molar-refractivity contribution in [1.29, 1.82) is 0 Å². The van der Waals surface area contributed by atoms with Gasteiger partial charge in [-0.1, -0.05) is 30.3 Å². The van der Waals surface area contributed by atoms with Crippen LogP contribution in [-0.2, 0) is 22.6 Å². The van der Waals surface area contributed by atoms with Gasteiger partial charge in [-0.25, -0.2) is 8.78 Å². The lowest BCUT2D eigenvalue weighted by atomic mass is 10.1. The number of rotatable bonds is 7. The predicted molar refractivity (Wildman–Crippen MR) is 115 cm³/mol. The molecule has 1 N–H and O–H groups in total. The molecule has 1 fully saturated rings. The van der Waals surface area contributed by atoms with Crippen molar-refractivity contribution in [2.75, 3.05) is 10.2 Å². The zero-order valence-electron chi connectivity index (χ0n) is 16.9. The van der Waals surface area contributed by atoms with E-state index in [-0.39, 0.29) is 36.5 Å². The van der Waals surface area contributed by atoms with E-state index in [2.05, 4.69) is 5.32 Å². The Bertz CT molecular complexity index is 1090. The maximum atomic E-state index is 13.6. The SMILES string of the molecule is O=C(Cc1ccc(N(Cc2cccc(F)c2)C(=O)C2CC2)cc1)Nc1cccc(F)c1. The fourth-order valence-corrected chi connectivity index (χ4v) is 3.42. The van der Waals surface area contributed by atoms with E-state index >= 15 is 0 Å². The summed E-state index contributed by atoms with van der Waals surface area (Å²) in [7, 11) is 0. The maximum Gasteiger partial charge on any atom is 0.230 e. The molecule has 0 bridgehead atoms. The maximum absolute atomic E-state index is 13.6. The van der Waals surface area contributed by atoms with Gasteiger partial charge in [0.2, 0.25) is 11.8 Å². The van der Waals surface area contributed by atoms with Crippen LogP contribution in [0.3, 0.4) is 0 Å². The van der Waals surface area contributed by atoms with Gasteiger partial charge in [-0.05, 0) is 66.4 Å². The Morgan fingerprint density at radius 3 is 2.19 bits per heavy atom. The van der Waals surface area contributed by atoms with Crippen LogP contribution in [-0.4, -0.2) is 11.8 Å². The number of nitrogens with zero attached hydrogens (tertiary/aromatic N) is 1. The van der Waals surface area contributed by atoms with Gasteiger partial charge in [0.15, 0.2) is 0 Å². The highest BCUT2D eigenvalue weighted by Gasteiger charge is 2.34. The molecule has 3 aromatic carbocycles. The third-order valence-electron chi connectivity index (χ3n) is 5.14. The van der Waals surface area contributed by atoms with E-state index in [9.17, 15) is 18.4 Å². The first-order chi connectivity index (χ1) is 15.0. The molecule has 31 heavy (non-hydrogen) atoms. The number of carbonyl (C=O) groups excluding carboxylic acids is 2. The molecule has 158 valence electrons. The third kappa shape index (κ3) is 5.54. The van der Waals surface area contributed by atoms with Gasteiger partial charge in [-0.3, -0.25) is 9.59 Å². The van der Waals surface area contributed by atoms with Crippen LogP contribution in [0.15, 0.2) is 72.8 Å². The predicted octanol–water partition coefficient (Wildman–Crippen LogP) is 5.09. The Morgan fingerprint density at radius 1 is 0.871 bits per heavy atom. The molecule has 0 aromatic heterocycles. The monoisotopic (exact) mass is 420 g/mol. The normalized spacial score (nSPS) is 13.0. The van der Waals surface area contributed by atoms with E-state index in [0.29, 0.717) is 16.9 Å². The van der Waals surface area contributed by atoms with Crippen molar-refractivity contribution >= 4 is 23.2 Å². The molecule has 0 atom stereocenters. The molecule has 6 heteroatoms. The topological polar surface area (TPSA) is 49.4 Å². The molecular weight excluding hydrogens is 398 g/mol. The molecule has 1 aliphatic rings. The standard InChI is InChI=1S/C25H22F2N2O2/c26-20-4-1-3-18(13-20)16-29(25(31)19-9-10-19)23-11-7-17(8-12-23)14-24(30)28-22-6-2-5-21(27)15-22/h1-8,11-13,15,19H,9-10,14,16H2,(H,28,30). The van der Waals surface area contributed by atoms with E-state index in [4.69, 9.17) is 0 Å². The number of amides is 2. The van der Waals surface area contributed by atoms with Crippen molar-refractivity contribution < 1.29 is 18.4 Å². The first-order valence-electron chi connectivity index (χ1n) is 10.2. The van der Waals surface area contributed by atoms with Crippen LogP contribution in [0.25, 0.3) is 0 Å². The van der Waals surface area contributed by atoms with Crippen LogP contribution in [0, 0.1) is 17.6 Å². The average Bonchev–Trinajstić information content (AvgIpc) is 3.58. The number of benzene rings is 3. The second kappa shape index (κ2) is 9.08. The Labute approximate surface area is 179 Å². The van der Waals surface area contributed by atoms with Crippen molar-refractivity contribution in [2.24, 2.45) is 5.92 Å². The highest BCUT2D eigenvalue weighted by atomic mass is 19.1. The fourth-order valence-electron chi connectivity index (χ4n) is 3.42. The van der Waals surface area contributed by atoms with Gasteiger partial charge in [0.1, 0.15) is 11.6 Å². The summed E-state index contributed by atoms with van der Waals surface area (Å²) in [5.41, 5.74) is 2.59. The molecule has 4 rings (SSSR count). The van der Waals surface area contributed by atoms with E-state index in [1.165, 1.54) is 30.3 Å². The first kappa shape index (κ1) is 20.7. The van der Waals surface area contributed by atoms with Crippen LogP contribution in [0.1, 0.15) is 24.0 Å². The van der Waals surface area contributed by atoms with Crippen molar-refractivity contribution in [2.45, 2.75) is 25.8 Å². The van der Waals surface area contributed by atoms with Crippen molar-refractivity contribution in [3.05, 3.63) is 95.6 Å². The number of nitrogens with one attached hydrogen (secondary N) is 1. The van der Waals surface area contributed by atoms with Crippen molar-refractivity contribution in [1.82, 2.24) is 0 Å². The lowest BCUT2D eigenvalue weighted by Gasteiger charge is -2.23. The zero-order chi connectivity index (χ0) is 21.8. The Hall–Kier alpha value is -3.54. The minimum Gasteiger partial charge on any atom is -0.326 e. The summed E-state index contributed by atoms with van der Waals surface area (Å²) in [5, 5.41) is 2.67. The Balaban J connectivity index is 1.46. The molecule has 1 saturated carbocycles. The molecule has 0 spiro atoms. The minimum atomic E-state index is -0.416. The zero-order valence-corrected chi connectivity index (χ0v) is 16.9. The summed E-state index contributed by atoms with van der Waals surface area (Å²) in [6, 6.07) is 19.1. The molecule has 0 heterocycles. The van der Waals surface area contributed by atoms with Crippen LogP contribution in [0.5, 0.6) is 0 Å². The quantitative estimate of drug-likeness (QED) is 0.579. The third-order valence-corrected chi connectivity index (χ3v) is 5.14. The van der Waals surface area contributed by atoms with Crippen molar-refractivity contribution in [3.8, 4) is 0 Å². The Kier molecular flexibility index (Phi) is 6.07. The Morgan fingerprint density at radius 2 is 1.55 bits per heavy atom. The average molecular weight is 420 g/mol. The second-order valence-electron chi connectivity index (χ2n) is 7.73. The van der Waals surface area contributed by atoms with Crippen molar-refractivity contribution in [3.63, 3.8) is 0 Å². The largest absolute Gasteiger partial charge is 0.326 e. The van der Waals surface area contributed by atoms with E-state index in [1.807, 2.05) is 0 Å². The van der Waals surface area contributed by atoms with E-state index in [1.54, 1.807) is 47.4 Å². The van der Waals surface area contributed by atoms with Crippen LogP contribution in [0.4, 0.5) is 20.2 Å². The molecule has 1 aliphatic carbocycles. The summed E-state index contributed by atoms with van der Waals surface area (Å²) < 4.78 is 26.8. The number of halogens is 2. The van der Waals surface area contributed by atoms with E-state index in [0.717, 1.165) is 18.4 Å².